The van der Waals surface area contributed by atoms with Crippen molar-refractivity contribution in [3.8, 4) is 0 Å². The van der Waals surface area contributed by atoms with E-state index in [-0.39, 0.29) is 53.2 Å². The van der Waals surface area contributed by atoms with Crippen molar-refractivity contribution in [1.82, 2.24) is 26.2 Å². The van der Waals surface area contributed by atoms with Crippen LogP contribution in [0.2, 0.25) is 0 Å². The Morgan fingerprint density at radius 3 is 1.90 bits per heavy atom. The van der Waals surface area contributed by atoms with Crippen LogP contribution in [0.15, 0.2) is 24.3 Å². The Kier molecular flexibility index (Phi) is 13.9. The molecular weight excluding hydrogens is 606 g/mol. The maximum absolute atomic E-state index is 14.4. The Bertz CT molecular complexity index is 1270. The summed E-state index contributed by atoms with van der Waals surface area (Å²) in [6.07, 6.45) is 11.3. The Morgan fingerprint density at radius 2 is 1.31 bits per heavy atom. The normalized spacial score (nSPS) is 20.9. The summed E-state index contributed by atoms with van der Waals surface area (Å²) >= 11 is 0. The van der Waals surface area contributed by atoms with E-state index in [0.717, 1.165) is 82.6 Å². The highest BCUT2D eigenvalue weighted by atomic mass is 16.2. The molecule has 10 nitrogen and oxygen atoms in total. The minimum Gasteiger partial charge on any atom is -0.355 e. The van der Waals surface area contributed by atoms with Gasteiger partial charge in [0.05, 0.1) is 0 Å². The molecule has 48 heavy (non-hydrogen) atoms. The molecule has 0 aliphatic heterocycles. The molecule has 0 aromatic heterocycles. The summed E-state index contributed by atoms with van der Waals surface area (Å²) in [7, 11) is 1.67. The molecule has 4 N–H and O–H groups in total. The molecule has 5 atom stereocenters. The van der Waals surface area contributed by atoms with Gasteiger partial charge in [-0.3, -0.25) is 24.0 Å². The van der Waals surface area contributed by atoms with E-state index >= 15 is 0 Å². The van der Waals surface area contributed by atoms with E-state index in [1.54, 1.807) is 7.05 Å². The predicted molar refractivity (Wildman–Crippen MR) is 187 cm³/mol. The van der Waals surface area contributed by atoms with Gasteiger partial charge in [0.15, 0.2) is 0 Å². The number of nitrogens with one attached hydrogen (secondary N) is 4. The van der Waals surface area contributed by atoms with E-state index in [2.05, 4.69) is 27.3 Å². The van der Waals surface area contributed by atoms with Crippen molar-refractivity contribution < 1.29 is 24.0 Å². The van der Waals surface area contributed by atoms with Gasteiger partial charge in [-0.15, -0.1) is 0 Å². The van der Waals surface area contributed by atoms with Crippen molar-refractivity contribution in [3.05, 3.63) is 35.4 Å². The van der Waals surface area contributed by atoms with Crippen molar-refractivity contribution in [1.29, 1.82) is 0 Å². The first-order valence-corrected chi connectivity index (χ1v) is 18.5. The molecule has 3 aliphatic rings. The number of carbonyl (C=O) groups is 5. The summed E-state index contributed by atoms with van der Waals surface area (Å²) in [5.74, 6) is -1.64. The summed E-state index contributed by atoms with van der Waals surface area (Å²) in [6.45, 7) is 7.80. The Labute approximate surface area is 287 Å². The van der Waals surface area contributed by atoms with Gasteiger partial charge in [0.25, 0.3) is 0 Å². The van der Waals surface area contributed by atoms with Crippen molar-refractivity contribution >= 4 is 29.5 Å². The molecule has 0 radical (unpaired) electrons. The second-order valence-electron chi connectivity index (χ2n) is 14.8. The van der Waals surface area contributed by atoms with E-state index in [0.29, 0.717) is 13.0 Å². The second kappa shape index (κ2) is 17.8. The maximum atomic E-state index is 14.4. The zero-order valence-corrected chi connectivity index (χ0v) is 29.8. The van der Waals surface area contributed by atoms with Gasteiger partial charge < -0.3 is 26.2 Å². The van der Waals surface area contributed by atoms with E-state index < -0.39 is 24.2 Å². The van der Waals surface area contributed by atoms with Crippen LogP contribution >= 0.6 is 0 Å². The lowest BCUT2D eigenvalue weighted by Gasteiger charge is -2.38. The molecule has 266 valence electrons. The molecule has 0 spiro atoms. The molecule has 0 saturated heterocycles. The quantitative estimate of drug-likeness (QED) is 0.234. The summed E-state index contributed by atoms with van der Waals surface area (Å²) in [6, 6.07) is 4.91. The topological polar surface area (TPSA) is 137 Å². The average molecular weight is 666 g/mol. The lowest BCUT2D eigenvalue weighted by molar-refractivity contribution is -0.144. The highest BCUT2D eigenvalue weighted by Gasteiger charge is 2.42. The number of carbonyl (C=O) groups excluding carboxylic acids is 5. The molecule has 2 saturated carbocycles. The van der Waals surface area contributed by atoms with Gasteiger partial charge in [-0.05, 0) is 80.8 Å². The highest BCUT2D eigenvalue weighted by molar-refractivity contribution is 5.96. The second-order valence-corrected chi connectivity index (χ2v) is 14.8. The Hall–Kier alpha value is -3.43. The molecule has 5 amide bonds. The summed E-state index contributed by atoms with van der Waals surface area (Å²) in [5.41, 5.74) is 2.23. The first kappa shape index (κ1) is 37.4. The molecule has 1 aromatic rings. The van der Waals surface area contributed by atoms with Gasteiger partial charge in [-0.2, -0.15) is 0 Å². The molecular formula is C38H59N5O5. The molecule has 10 heteroatoms. The molecule has 0 bridgehead atoms. The van der Waals surface area contributed by atoms with Crippen LogP contribution in [-0.2, 0) is 30.4 Å². The van der Waals surface area contributed by atoms with Crippen LogP contribution in [0, 0.1) is 17.8 Å². The standard InChI is InChI=1S/C38H59N5O5/c1-6-39-35(45)31(23-24(2)3)43(5)38(48)33(28-18-11-8-12-19-28)42-36(46)32(27-16-9-7-10-17-27)41-37(47)34(40-25(4)44)30-22-21-26-15-13-14-20-29(26)30/h13-15,20,24,27-28,30-34H,6-12,16-19,21-23H2,1-5H3,(H,39,45)(H,40,44)(H,41,47)(H,42,46)/t30?,31-,32-,33-,34-/m1/s1. The fourth-order valence-corrected chi connectivity index (χ4v) is 8.26. The first-order chi connectivity index (χ1) is 23.0. The predicted octanol–water partition coefficient (Wildman–Crippen LogP) is 4.36. The Morgan fingerprint density at radius 1 is 0.750 bits per heavy atom. The van der Waals surface area contributed by atoms with Gasteiger partial charge in [-0.1, -0.05) is 76.6 Å². The van der Waals surface area contributed by atoms with E-state index in [1.165, 1.54) is 17.4 Å². The van der Waals surface area contributed by atoms with Crippen LogP contribution in [0.4, 0.5) is 0 Å². The molecule has 0 heterocycles. The third-order valence-corrected chi connectivity index (χ3v) is 10.8. The van der Waals surface area contributed by atoms with Crippen molar-refractivity contribution in [2.45, 2.75) is 141 Å². The number of aryl methyl sites for hydroxylation is 1. The van der Waals surface area contributed by atoms with Crippen LogP contribution in [0.25, 0.3) is 0 Å². The molecule has 4 rings (SSSR count). The number of amides is 5. The van der Waals surface area contributed by atoms with E-state index in [1.807, 2.05) is 39.0 Å². The van der Waals surface area contributed by atoms with Crippen LogP contribution in [-0.4, -0.2) is 72.2 Å². The number of hydrogen-bond donors (Lipinski definition) is 4. The fraction of sp³-hybridized carbons (Fsp3) is 0.711. The van der Waals surface area contributed by atoms with Crippen LogP contribution in [0.5, 0.6) is 0 Å². The fourth-order valence-electron chi connectivity index (χ4n) is 8.26. The lowest BCUT2D eigenvalue weighted by Crippen LogP contribution is -2.62. The van der Waals surface area contributed by atoms with Gasteiger partial charge in [0.2, 0.25) is 29.5 Å². The van der Waals surface area contributed by atoms with Gasteiger partial charge in [0.1, 0.15) is 24.2 Å². The number of fused-ring (bicyclic) bond motifs is 1. The monoisotopic (exact) mass is 665 g/mol. The van der Waals surface area contributed by atoms with Crippen molar-refractivity contribution in [2.75, 3.05) is 13.6 Å². The van der Waals surface area contributed by atoms with Gasteiger partial charge in [0, 0.05) is 26.4 Å². The summed E-state index contributed by atoms with van der Waals surface area (Å²) in [5, 5.41) is 12.0. The van der Waals surface area contributed by atoms with Crippen LogP contribution < -0.4 is 21.3 Å². The molecule has 3 aliphatic carbocycles. The van der Waals surface area contributed by atoms with Crippen LogP contribution in [0.1, 0.15) is 122 Å². The molecule has 1 aromatic carbocycles. The lowest BCUT2D eigenvalue weighted by atomic mass is 9.81. The third-order valence-electron chi connectivity index (χ3n) is 10.8. The Balaban J connectivity index is 1.61. The largest absolute Gasteiger partial charge is 0.355 e. The maximum Gasteiger partial charge on any atom is 0.245 e. The number of nitrogens with zero attached hydrogens (tertiary/aromatic N) is 1. The van der Waals surface area contributed by atoms with E-state index in [9.17, 15) is 24.0 Å². The summed E-state index contributed by atoms with van der Waals surface area (Å²) < 4.78 is 0. The zero-order valence-electron chi connectivity index (χ0n) is 29.8. The van der Waals surface area contributed by atoms with Crippen molar-refractivity contribution in [2.24, 2.45) is 17.8 Å². The number of hydrogen-bond acceptors (Lipinski definition) is 5. The number of benzene rings is 1. The number of rotatable bonds is 14. The SMILES string of the molecule is CCNC(=O)[C@@H](CC(C)C)N(C)C(=O)[C@H](NC(=O)[C@H](NC(=O)[C@H](NC(C)=O)C1CCc2ccccc21)C1CCCCC1)C1CCCCC1. The zero-order chi connectivity index (χ0) is 34.8. The average Bonchev–Trinajstić information content (AvgIpc) is 3.51. The third kappa shape index (κ3) is 9.59. The molecule has 2 fully saturated rings. The highest BCUT2D eigenvalue weighted by Crippen LogP contribution is 2.36. The van der Waals surface area contributed by atoms with Gasteiger partial charge in [-0.25, -0.2) is 0 Å². The first-order valence-electron chi connectivity index (χ1n) is 18.5. The van der Waals surface area contributed by atoms with Crippen molar-refractivity contribution in [3.63, 3.8) is 0 Å². The van der Waals surface area contributed by atoms with Gasteiger partial charge >= 0.3 is 0 Å². The minimum absolute atomic E-state index is 0.0589. The molecule has 1 unspecified atom stereocenters. The summed E-state index contributed by atoms with van der Waals surface area (Å²) in [4.78, 5) is 70.0. The van der Waals surface area contributed by atoms with Crippen LogP contribution in [0.3, 0.4) is 0 Å². The minimum atomic E-state index is -0.843. The smallest absolute Gasteiger partial charge is 0.245 e. The number of likely N-dealkylation sites (N-methyl/N-ethyl adjacent to an activating group) is 2. The van der Waals surface area contributed by atoms with E-state index in [4.69, 9.17) is 0 Å².